The predicted molar refractivity (Wildman–Crippen MR) is 116 cm³/mol. The van der Waals surface area contributed by atoms with Crippen molar-refractivity contribution in [3.8, 4) is 0 Å². The number of hydrogen-bond donors (Lipinski definition) is 0. The normalized spacial score (nSPS) is 14.7. The molecule has 2 amide bonds. The predicted octanol–water partition coefficient (Wildman–Crippen LogP) is 4.32. The number of carbonyl (C=O) groups excluding carboxylic acids is 1. The Labute approximate surface area is 174 Å². The van der Waals surface area contributed by atoms with E-state index in [1.54, 1.807) is 23.4 Å². The Balaban J connectivity index is 1.70. The first kappa shape index (κ1) is 19.5. The maximum absolute atomic E-state index is 13.5. The molecule has 147 valence electrons. The zero-order valence-corrected chi connectivity index (χ0v) is 17.1. The first-order valence-corrected chi connectivity index (χ1v) is 11.0. The smallest absolute Gasteiger partial charge is 0.330 e. The van der Waals surface area contributed by atoms with Crippen LogP contribution in [0.25, 0.3) is 0 Å². The number of anilines is 2. The van der Waals surface area contributed by atoms with Crippen LogP contribution in [-0.4, -0.2) is 33.3 Å². The van der Waals surface area contributed by atoms with E-state index in [0.29, 0.717) is 29.5 Å². The maximum Gasteiger partial charge on any atom is 0.330 e. The fraction of sp³-hybridized carbons (Fsp3) is 0.174. The van der Waals surface area contributed by atoms with E-state index in [-0.39, 0.29) is 6.03 Å². The van der Waals surface area contributed by atoms with Crippen molar-refractivity contribution in [2.45, 2.75) is 17.9 Å². The first-order chi connectivity index (χ1) is 14.1. The summed E-state index contributed by atoms with van der Waals surface area (Å²) in [5.74, 6) is 0.601. The molecule has 0 N–H and O–H groups in total. The molecule has 2 aromatic carbocycles. The summed E-state index contributed by atoms with van der Waals surface area (Å²) >= 11 is -1.23. The molecule has 1 radical (unpaired) electrons. The minimum Gasteiger partial charge on any atom is -0.612 e. The molecule has 0 spiro atoms. The average Bonchev–Trinajstić information content (AvgIpc) is 2.73. The van der Waals surface area contributed by atoms with Crippen LogP contribution in [-0.2, 0) is 24.1 Å². The minimum atomic E-state index is -1.23. The van der Waals surface area contributed by atoms with Gasteiger partial charge in [-0.25, -0.2) is 14.7 Å². The Hall–Kier alpha value is -2.83. The van der Waals surface area contributed by atoms with Gasteiger partial charge in [-0.15, -0.1) is 0 Å². The van der Waals surface area contributed by atoms with Gasteiger partial charge in [0.2, 0.25) is 0 Å². The lowest BCUT2D eigenvalue weighted by Crippen LogP contribution is -2.46. The second-order valence-corrected chi connectivity index (χ2v) is 8.31. The fourth-order valence-electron chi connectivity index (χ4n) is 3.59. The highest BCUT2D eigenvalue weighted by atomic mass is 32.2. The summed E-state index contributed by atoms with van der Waals surface area (Å²) in [5, 5.41) is 0. The molecule has 5 nitrogen and oxygen atoms in total. The monoisotopic (exact) mass is 404 g/mol. The number of fused-ring (bicyclic) bond motifs is 1. The third-order valence-electron chi connectivity index (χ3n) is 5.09. The van der Waals surface area contributed by atoms with Gasteiger partial charge in [0.25, 0.3) is 0 Å². The number of nitrogens with zero attached hydrogens (tertiary/aromatic N) is 3. The van der Waals surface area contributed by atoms with Crippen LogP contribution in [0.2, 0.25) is 0 Å². The third kappa shape index (κ3) is 3.86. The van der Waals surface area contributed by atoms with E-state index in [2.05, 4.69) is 11.9 Å². The van der Waals surface area contributed by atoms with Crippen LogP contribution in [0.3, 0.4) is 0 Å². The third-order valence-corrected chi connectivity index (χ3v) is 6.05. The number of carbonyl (C=O) groups is 1. The van der Waals surface area contributed by atoms with Crippen molar-refractivity contribution in [3.05, 3.63) is 90.5 Å². The summed E-state index contributed by atoms with van der Waals surface area (Å²) in [6, 6.07) is 19.0. The van der Waals surface area contributed by atoms with Gasteiger partial charge < -0.3 is 9.45 Å². The Kier molecular flexibility index (Phi) is 5.56. The van der Waals surface area contributed by atoms with Gasteiger partial charge >= 0.3 is 6.03 Å². The molecule has 3 aromatic rings. The van der Waals surface area contributed by atoms with Crippen LogP contribution in [0.5, 0.6) is 0 Å². The largest absolute Gasteiger partial charge is 0.612 e. The van der Waals surface area contributed by atoms with E-state index in [0.717, 1.165) is 23.1 Å². The molecule has 29 heavy (non-hydrogen) atoms. The Morgan fingerprint density at radius 3 is 2.66 bits per heavy atom. The molecular formula is C23H22N3O2S. The van der Waals surface area contributed by atoms with Crippen LogP contribution in [0, 0.1) is 6.92 Å². The van der Waals surface area contributed by atoms with E-state index in [4.69, 9.17) is 0 Å². The summed E-state index contributed by atoms with van der Waals surface area (Å²) in [6.45, 7) is 5.13. The molecule has 1 aliphatic heterocycles. The van der Waals surface area contributed by atoms with E-state index in [1.807, 2.05) is 59.5 Å². The second-order valence-electron chi connectivity index (χ2n) is 6.97. The standard InChI is InChI=1S/C23H22N3O2S/c1-17-8-3-4-9-18(17)13-15-25-16-19-10-7-14-24-22(19)26(23(25)27)20-11-5-6-12-21(20)29(2)28/h3-12,14H,1,13,15-16H2,2H3. The SMILES string of the molecule is [CH2]c1ccccc1CCN1Cc2cccnc2N(c2ccccc2[S+](C)[O-])C1=O. The molecule has 6 heteroatoms. The lowest BCUT2D eigenvalue weighted by Gasteiger charge is -2.36. The number of pyridine rings is 1. The maximum atomic E-state index is 13.5. The number of benzene rings is 2. The summed E-state index contributed by atoms with van der Waals surface area (Å²) in [7, 11) is 0. The number of hydrogen-bond acceptors (Lipinski definition) is 3. The second kappa shape index (κ2) is 8.27. The van der Waals surface area contributed by atoms with Crippen LogP contribution in [0.4, 0.5) is 16.3 Å². The molecule has 0 saturated carbocycles. The van der Waals surface area contributed by atoms with Gasteiger partial charge in [-0.3, -0.25) is 0 Å². The van der Waals surface area contributed by atoms with Gasteiger partial charge in [0.05, 0.1) is 6.54 Å². The zero-order chi connectivity index (χ0) is 20.4. The minimum absolute atomic E-state index is 0.157. The van der Waals surface area contributed by atoms with Gasteiger partial charge in [-0.05, 0) is 53.8 Å². The Morgan fingerprint density at radius 1 is 1.10 bits per heavy atom. The van der Waals surface area contributed by atoms with Crippen LogP contribution in [0.15, 0.2) is 71.8 Å². The molecule has 0 saturated heterocycles. The Morgan fingerprint density at radius 2 is 1.86 bits per heavy atom. The van der Waals surface area contributed by atoms with Gasteiger partial charge in [0, 0.05) is 18.3 Å². The number of urea groups is 1. The van der Waals surface area contributed by atoms with E-state index < -0.39 is 11.2 Å². The molecule has 2 heterocycles. The van der Waals surface area contributed by atoms with Crippen LogP contribution in [0.1, 0.15) is 16.7 Å². The number of aromatic nitrogens is 1. The van der Waals surface area contributed by atoms with Gasteiger partial charge in [0.15, 0.2) is 4.90 Å². The topological polar surface area (TPSA) is 59.5 Å². The van der Waals surface area contributed by atoms with Crippen molar-refractivity contribution in [2.75, 3.05) is 17.7 Å². The van der Waals surface area contributed by atoms with Crippen molar-refractivity contribution >= 4 is 28.7 Å². The molecular weight excluding hydrogens is 382 g/mol. The van der Waals surface area contributed by atoms with Gasteiger partial charge in [0.1, 0.15) is 17.8 Å². The van der Waals surface area contributed by atoms with Crippen molar-refractivity contribution in [1.29, 1.82) is 0 Å². The molecule has 1 unspecified atom stereocenters. The van der Waals surface area contributed by atoms with Crippen molar-refractivity contribution in [1.82, 2.24) is 9.88 Å². The average molecular weight is 405 g/mol. The van der Waals surface area contributed by atoms with Gasteiger partial charge in [-0.2, -0.15) is 0 Å². The summed E-state index contributed by atoms with van der Waals surface area (Å²) in [4.78, 5) is 21.9. The molecule has 1 aromatic heterocycles. The molecule has 1 atom stereocenters. The molecule has 4 rings (SSSR count). The summed E-state index contributed by atoms with van der Waals surface area (Å²) in [6.07, 6.45) is 4.02. The highest BCUT2D eigenvalue weighted by Gasteiger charge is 2.34. The zero-order valence-electron chi connectivity index (χ0n) is 16.2. The number of amides is 2. The van der Waals surface area contributed by atoms with E-state index >= 15 is 0 Å². The van der Waals surface area contributed by atoms with Crippen LogP contribution >= 0.6 is 0 Å². The highest BCUT2D eigenvalue weighted by molar-refractivity contribution is 7.90. The summed E-state index contributed by atoms with van der Waals surface area (Å²) < 4.78 is 12.3. The quantitative estimate of drug-likeness (QED) is 0.595. The van der Waals surface area contributed by atoms with Crippen molar-refractivity contribution in [3.63, 3.8) is 0 Å². The Bertz CT molecular complexity index is 1040. The van der Waals surface area contributed by atoms with Gasteiger partial charge in [-0.1, -0.05) is 42.5 Å². The first-order valence-electron chi connectivity index (χ1n) is 9.41. The molecule has 0 fully saturated rings. The molecule has 1 aliphatic rings. The molecule has 0 aliphatic carbocycles. The number of rotatable bonds is 5. The van der Waals surface area contributed by atoms with Crippen molar-refractivity contribution in [2.24, 2.45) is 0 Å². The summed E-state index contributed by atoms with van der Waals surface area (Å²) in [5.41, 5.74) is 3.67. The lowest BCUT2D eigenvalue weighted by molar-refractivity contribution is 0.201. The van der Waals surface area contributed by atoms with Crippen LogP contribution < -0.4 is 4.90 Å². The van der Waals surface area contributed by atoms with Crippen molar-refractivity contribution < 1.29 is 9.35 Å². The highest BCUT2D eigenvalue weighted by Crippen LogP contribution is 2.36. The fourth-order valence-corrected chi connectivity index (χ4v) is 4.32. The molecule has 0 bridgehead atoms. The van der Waals surface area contributed by atoms with E-state index in [9.17, 15) is 9.35 Å². The lowest BCUT2D eigenvalue weighted by atomic mass is 10.1. The number of para-hydroxylation sites is 1. The van der Waals surface area contributed by atoms with E-state index in [1.165, 1.54) is 0 Å².